The Kier molecular flexibility index (Phi) is 120. The molecule has 0 saturated carbocycles. The smallest absolute Gasteiger partial charge is 2.00 e. The van der Waals surface area contributed by atoms with Crippen molar-refractivity contribution >= 4 is 60.9 Å². The second kappa shape index (κ2) is 50.6. The second-order valence-electron chi connectivity index (χ2n) is 2.57. The first kappa shape index (κ1) is 42.7. The van der Waals surface area contributed by atoms with E-state index in [0.29, 0.717) is 0 Å². The summed E-state index contributed by atoms with van der Waals surface area (Å²) >= 11 is 10.4. The fourth-order valence-electron chi connectivity index (χ4n) is 0.866. The summed E-state index contributed by atoms with van der Waals surface area (Å²) in [5.41, 5.74) is 0. The molecule has 0 unspecified atom stereocenters. The van der Waals surface area contributed by atoms with Crippen molar-refractivity contribution in [1.29, 1.82) is 0 Å². The van der Waals surface area contributed by atoms with Crippen LogP contribution in [0.5, 0.6) is 0 Å². The van der Waals surface area contributed by atoms with Crippen LogP contribution in [0.4, 0.5) is 0 Å². The van der Waals surface area contributed by atoms with Gasteiger partial charge < -0.3 is 16.4 Å². The first-order valence-corrected chi connectivity index (χ1v) is 8.47. The van der Waals surface area contributed by atoms with Gasteiger partial charge in [-0.1, -0.05) is 36.6 Å². The van der Waals surface area contributed by atoms with Crippen molar-refractivity contribution in [2.75, 3.05) is 6.61 Å². The van der Waals surface area contributed by atoms with Crippen molar-refractivity contribution in [3.8, 4) is 0 Å². The molecule has 0 aromatic heterocycles. The second-order valence-corrected chi connectivity index (χ2v) is 7.62. The molecule has 0 amide bonds. The van der Waals surface area contributed by atoms with Crippen LogP contribution in [0.15, 0.2) is 0 Å². The van der Waals surface area contributed by atoms with Gasteiger partial charge in [0.15, 0.2) is 0 Å². The third-order valence-corrected chi connectivity index (χ3v) is 5.73. The van der Waals surface area contributed by atoms with E-state index in [-0.39, 0.29) is 53.6 Å². The summed E-state index contributed by atoms with van der Waals surface area (Å²) in [6.45, 7) is 9.70. The summed E-state index contributed by atoms with van der Waals surface area (Å²) in [4.78, 5) is 0. The van der Waals surface area contributed by atoms with Crippen LogP contribution in [-0.2, 0) is 41.7 Å². The van der Waals surface area contributed by atoms with E-state index >= 15 is 0 Å². The Morgan fingerprint density at radius 1 is 0.889 bits per heavy atom. The molecule has 0 fully saturated rings. The molecule has 0 aromatic rings. The minimum atomic E-state index is -0.171. The molecular formula is C8H20AlCl2MgO5V. The van der Waals surface area contributed by atoms with Crippen LogP contribution in [0, 0.1) is 0 Å². The Hall–Kier alpha value is 2.26. The van der Waals surface area contributed by atoms with Crippen LogP contribution >= 0.6 is 23.7 Å². The molecule has 0 aliphatic rings. The molecule has 0 spiro atoms. The third-order valence-electron chi connectivity index (χ3n) is 1.86. The number of hydrogen-bond donors (Lipinski definition) is 0. The SMILES string of the molecule is CC[O][V+4].C[CH2][Al]([CH2]C)[CH2]C.ClOCl.[Mg+2].[O-2].[O-2].[O-2]. The van der Waals surface area contributed by atoms with Crippen molar-refractivity contribution in [2.45, 2.75) is 43.5 Å². The van der Waals surface area contributed by atoms with Gasteiger partial charge in [0.2, 0.25) is 0 Å². The van der Waals surface area contributed by atoms with E-state index in [4.69, 9.17) is 0 Å². The molecule has 18 heavy (non-hydrogen) atoms. The molecule has 0 saturated heterocycles. The summed E-state index contributed by atoms with van der Waals surface area (Å²) in [6.07, 6.45) is 0. The predicted octanol–water partition coefficient (Wildman–Crippen LogP) is 3.60. The fraction of sp³-hybridized carbons (Fsp3) is 1.00. The third kappa shape index (κ3) is 63.4. The van der Waals surface area contributed by atoms with Crippen LogP contribution in [0.3, 0.4) is 0 Å². The Morgan fingerprint density at radius 2 is 1.06 bits per heavy atom. The van der Waals surface area contributed by atoms with Crippen molar-refractivity contribution in [3.05, 3.63) is 0 Å². The molecule has 0 aromatic carbocycles. The van der Waals surface area contributed by atoms with Gasteiger partial charge in [0, 0.05) is 0 Å². The minimum absolute atomic E-state index is 0. The molecule has 0 heterocycles. The van der Waals surface area contributed by atoms with Gasteiger partial charge >= 0.3 is 58.0 Å². The van der Waals surface area contributed by atoms with Crippen LogP contribution < -0.4 is 0 Å². The summed E-state index contributed by atoms with van der Waals surface area (Å²) in [6, 6.07) is 0. The molecular weight excluding hydrogens is 349 g/mol. The van der Waals surface area contributed by atoms with Gasteiger partial charge in [-0.3, -0.25) is 0 Å². The Morgan fingerprint density at radius 3 is 1.06 bits per heavy atom. The molecule has 0 aliphatic carbocycles. The van der Waals surface area contributed by atoms with Gasteiger partial charge in [-0.05, 0) is 0 Å². The predicted molar refractivity (Wildman–Crippen MR) is 69.4 cm³/mol. The number of rotatable bonds is 4. The zero-order valence-electron chi connectivity index (χ0n) is 11.4. The Balaban J connectivity index is -0.0000000196. The average molecular weight is 369 g/mol. The van der Waals surface area contributed by atoms with Crippen LogP contribution in [0.1, 0.15) is 27.7 Å². The van der Waals surface area contributed by atoms with E-state index in [1.165, 1.54) is 15.8 Å². The molecule has 0 rings (SSSR count). The van der Waals surface area contributed by atoms with Crippen molar-refractivity contribution in [3.63, 3.8) is 0 Å². The van der Waals surface area contributed by atoms with E-state index in [2.05, 4.69) is 52.0 Å². The quantitative estimate of drug-likeness (QED) is 0.707. The first-order valence-electron chi connectivity index (χ1n) is 4.83. The Labute approximate surface area is 151 Å². The minimum Gasteiger partial charge on any atom is -2.00 e. The van der Waals surface area contributed by atoms with Crippen molar-refractivity contribution in [1.82, 2.24) is 0 Å². The molecule has 5 nitrogen and oxygen atoms in total. The molecule has 106 valence electrons. The van der Waals surface area contributed by atoms with Gasteiger partial charge in [0.05, 0.1) is 23.7 Å². The van der Waals surface area contributed by atoms with E-state index in [1.54, 1.807) is 0 Å². The fourth-order valence-corrected chi connectivity index (χ4v) is 2.60. The van der Waals surface area contributed by atoms with Gasteiger partial charge in [-0.25, -0.2) is 0 Å². The largest absolute Gasteiger partial charge is 2.00 e. The summed E-state index contributed by atoms with van der Waals surface area (Å²) in [5, 5.41) is 4.48. The van der Waals surface area contributed by atoms with E-state index in [9.17, 15) is 0 Å². The van der Waals surface area contributed by atoms with E-state index in [0.717, 1.165) is 6.61 Å². The van der Waals surface area contributed by atoms with Gasteiger partial charge in [-0.15, -0.1) is 0 Å². The molecule has 10 heteroatoms. The van der Waals surface area contributed by atoms with Gasteiger partial charge in [0.1, 0.15) is 0 Å². The van der Waals surface area contributed by atoms with Crippen LogP contribution in [0.2, 0.25) is 15.8 Å². The summed E-state index contributed by atoms with van der Waals surface area (Å²) in [7, 11) is 0. The van der Waals surface area contributed by atoms with Gasteiger partial charge in [-0.2, -0.15) is 3.84 Å². The zero-order valence-corrected chi connectivity index (χ0v) is 16.8. The standard InChI is InChI=1S/C2H5O.3C2H5.Al.Cl2O.Mg.3O.V/c1-2-3;3*1-2;;1-3-2;;;;;/h2H2,1H3;3*1H2,2H3;;;;;;;/q-1;;;;;;+2;3*-2;+5. The molecule has 0 bridgehead atoms. The summed E-state index contributed by atoms with van der Waals surface area (Å²) in [5.74, 6) is 0. The number of halogens is 2. The van der Waals surface area contributed by atoms with Crippen molar-refractivity contribution < 1.29 is 41.7 Å². The maximum Gasteiger partial charge on any atom is 2.00 e. The summed E-state index contributed by atoms with van der Waals surface area (Å²) < 4.78 is 7.67. The first-order chi connectivity index (χ1) is 6.67. The van der Waals surface area contributed by atoms with Crippen LogP contribution in [0.25, 0.3) is 0 Å². The molecule has 0 atom stereocenters. The molecule has 0 radical (unpaired) electrons. The zero-order chi connectivity index (χ0) is 11.8. The average Bonchev–Trinajstić information content (AvgIpc) is 2.22. The maximum atomic E-state index is 4.48. The maximum absolute atomic E-state index is 4.48. The van der Waals surface area contributed by atoms with Crippen molar-refractivity contribution in [2.24, 2.45) is 0 Å². The normalized spacial score (nSPS) is 6.22. The molecule has 0 aliphatic heterocycles. The Bertz CT molecular complexity index is 83.0. The number of hydrogen-bond acceptors (Lipinski definition) is 2. The molecule has 0 N–H and O–H groups in total. The van der Waals surface area contributed by atoms with E-state index in [1.807, 2.05) is 24.7 Å². The topological polar surface area (TPSA) is 104 Å². The van der Waals surface area contributed by atoms with Crippen LogP contribution in [-0.4, -0.2) is 43.8 Å². The van der Waals surface area contributed by atoms with E-state index < -0.39 is 0 Å². The van der Waals surface area contributed by atoms with Gasteiger partial charge in [0.25, 0.3) is 14.1 Å². The monoisotopic (exact) mass is 368 g/mol.